The number of cyclic esters (lactones) is 1. The summed E-state index contributed by atoms with van der Waals surface area (Å²) in [6.45, 7) is 16.6. The van der Waals surface area contributed by atoms with Crippen LogP contribution in [-0.4, -0.2) is 134 Å². The van der Waals surface area contributed by atoms with Gasteiger partial charge in [-0.05, 0) is 114 Å². The van der Waals surface area contributed by atoms with E-state index in [0.717, 1.165) is 38.9 Å². The lowest BCUT2D eigenvalue weighted by Crippen LogP contribution is -2.59. The number of ketones is 1. The minimum Gasteiger partial charge on any atom is -0.463 e. The lowest BCUT2D eigenvalue weighted by molar-refractivity contribution is -0.295. The van der Waals surface area contributed by atoms with Gasteiger partial charge >= 0.3 is 5.97 Å². The molecule has 43 heavy (non-hydrogen) atoms. The molecule has 3 aliphatic heterocycles. The number of Topliss-reactive ketones (excluding diaryl/α,β-unsaturated/α-hetero) is 1. The first-order valence-electron chi connectivity index (χ1n) is 16.4. The predicted molar refractivity (Wildman–Crippen MR) is 167 cm³/mol. The Kier molecular flexibility index (Phi) is 12.6. The highest BCUT2D eigenvalue weighted by molar-refractivity contribution is 6.04. The van der Waals surface area contributed by atoms with E-state index in [9.17, 15) is 14.7 Å². The minimum absolute atomic E-state index is 0.0469. The molecule has 0 bridgehead atoms. The van der Waals surface area contributed by atoms with E-state index >= 15 is 0 Å². The molecule has 10 heteroatoms. The molecule has 0 radical (unpaired) electrons. The normalized spacial score (nSPS) is 39.7. The van der Waals surface area contributed by atoms with Crippen molar-refractivity contribution >= 4 is 11.8 Å². The van der Waals surface area contributed by atoms with Gasteiger partial charge < -0.3 is 33.9 Å². The molecule has 0 aromatic heterocycles. The van der Waals surface area contributed by atoms with E-state index in [1.807, 2.05) is 32.8 Å². The highest BCUT2D eigenvalue weighted by Gasteiger charge is 2.51. The Bertz CT molecular complexity index is 930. The van der Waals surface area contributed by atoms with Crippen LogP contribution in [-0.2, 0) is 28.5 Å². The van der Waals surface area contributed by atoms with Crippen molar-refractivity contribution in [3.8, 4) is 0 Å². The van der Waals surface area contributed by atoms with Gasteiger partial charge in [0.1, 0.15) is 18.1 Å². The molecule has 3 rings (SSSR count). The molecule has 1 N–H and O–H groups in total. The van der Waals surface area contributed by atoms with Crippen molar-refractivity contribution in [1.82, 2.24) is 14.7 Å². The first kappa shape index (κ1) is 36.3. The number of rotatable bonds is 6. The van der Waals surface area contributed by atoms with Gasteiger partial charge in [0, 0.05) is 37.7 Å². The fourth-order valence-corrected chi connectivity index (χ4v) is 7.39. The van der Waals surface area contributed by atoms with Crippen LogP contribution in [0.3, 0.4) is 0 Å². The van der Waals surface area contributed by atoms with Gasteiger partial charge in [0.05, 0.1) is 17.8 Å². The summed E-state index contributed by atoms with van der Waals surface area (Å²) in [5, 5.41) is 11.3. The van der Waals surface area contributed by atoms with Crippen LogP contribution >= 0.6 is 0 Å². The third-order valence-corrected chi connectivity index (χ3v) is 10.5. The zero-order valence-electron chi connectivity index (χ0n) is 28.8. The molecule has 0 amide bonds. The van der Waals surface area contributed by atoms with Gasteiger partial charge in [0.2, 0.25) is 0 Å². The van der Waals surface area contributed by atoms with Crippen molar-refractivity contribution in [2.75, 3.05) is 54.5 Å². The average Bonchev–Trinajstić information content (AvgIpc) is 2.96. The van der Waals surface area contributed by atoms with Crippen molar-refractivity contribution in [2.24, 2.45) is 17.3 Å². The van der Waals surface area contributed by atoms with Gasteiger partial charge in [-0.3, -0.25) is 14.5 Å². The van der Waals surface area contributed by atoms with Crippen LogP contribution < -0.4 is 0 Å². The summed E-state index contributed by atoms with van der Waals surface area (Å²) in [5.74, 6) is -1.17. The van der Waals surface area contributed by atoms with Crippen molar-refractivity contribution in [2.45, 2.75) is 129 Å². The maximum absolute atomic E-state index is 14.2. The second kappa shape index (κ2) is 15.0. The standard InChI is InChI=1S/C33H61N3O7/c1-21(2)36-17-12-14-24(19-36)26-20-41-31(39)32(5,6)28(38)23(4)29(33(7,40-11)15-13-16-35(26)10)43-30-27(37)25(34(8)9)18-22(3)42-30/h21-27,29-30,37H,12-20H2,1-11H3/t22-,23+,24-,25+,26-,27-,29-,30+,33-/m1/s1. The average molecular weight is 612 g/mol. The Morgan fingerprint density at radius 1 is 1.09 bits per heavy atom. The summed E-state index contributed by atoms with van der Waals surface area (Å²) in [6, 6.07) is 0.350. The zero-order chi connectivity index (χ0) is 32.3. The molecular weight excluding hydrogens is 550 g/mol. The van der Waals surface area contributed by atoms with Gasteiger partial charge in [-0.25, -0.2) is 0 Å². The molecule has 3 aliphatic rings. The molecule has 0 unspecified atom stereocenters. The third kappa shape index (κ3) is 8.37. The van der Waals surface area contributed by atoms with Crippen LogP contribution in [0.15, 0.2) is 0 Å². The Balaban J connectivity index is 1.94. The Hall–Kier alpha value is -1.14. The van der Waals surface area contributed by atoms with Gasteiger partial charge in [0.15, 0.2) is 12.1 Å². The number of hydrogen-bond acceptors (Lipinski definition) is 10. The third-order valence-electron chi connectivity index (χ3n) is 10.5. The van der Waals surface area contributed by atoms with Crippen molar-refractivity contribution in [1.29, 1.82) is 0 Å². The first-order valence-corrected chi connectivity index (χ1v) is 16.4. The summed E-state index contributed by atoms with van der Waals surface area (Å²) in [4.78, 5) is 34.6. The molecule has 3 fully saturated rings. The van der Waals surface area contributed by atoms with Gasteiger partial charge in [-0.1, -0.05) is 6.92 Å². The van der Waals surface area contributed by atoms with E-state index in [4.69, 9.17) is 18.9 Å². The summed E-state index contributed by atoms with van der Waals surface area (Å²) < 4.78 is 24.9. The summed E-state index contributed by atoms with van der Waals surface area (Å²) >= 11 is 0. The van der Waals surface area contributed by atoms with Gasteiger partial charge in [0.25, 0.3) is 0 Å². The Labute approximate surface area is 260 Å². The number of aliphatic hydroxyl groups excluding tert-OH is 1. The number of piperidine rings is 1. The molecule has 0 aromatic carbocycles. The summed E-state index contributed by atoms with van der Waals surface area (Å²) in [5.41, 5.74) is -2.27. The topological polar surface area (TPSA) is 101 Å². The molecule has 3 heterocycles. The number of carbonyl (C=O) groups excluding carboxylic acids is 2. The van der Waals surface area contributed by atoms with Crippen molar-refractivity contribution in [3.63, 3.8) is 0 Å². The number of likely N-dealkylation sites (tertiary alicyclic amines) is 1. The number of esters is 1. The second-order valence-corrected chi connectivity index (χ2v) is 14.7. The lowest BCUT2D eigenvalue weighted by atomic mass is 9.75. The Morgan fingerprint density at radius 3 is 2.37 bits per heavy atom. The van der Waals surface area contributed by atoms with Gasteiger partial charge in [-0.15, -0.1) is 0 Å². The number of aliphatic hydroxyl groups is 1. The van der Waals surface area contributed by atoms with Crippen LogP contribution in [0.4, 0.5) is 0 Å². The predicted octanol–water partition coefficient (Wildman–Crippen LogP) is 3.19. The molecule has 10 nitrogen and oxygen atoms in total. The smallest absolute Gasteiger partial charge is 0.319 e. The highest BCUT2D eigenvalue weighted by Crippen LogP contribution is 2.37. The SMILES string of the molecule is CO[C@]1(C)CCCN(C)[C@@H]([C@@H]2CCCN(C(C)C)C2)COC(=O)C(C)(C)C(=O)[C@H](C)[C@H]1O[C@@H]1O[C@H](C)C[C@H](N(C)C)[C@H]1O. The molecule has 0 aliphatic carbocycles. The molecule has 0 saturated carbocycles. The van der Waals surface area contributed by atoms with Crippen molar-refractivity contribution in [3.05, 3.63) is 0 Å². The number of carbonyl (C=O) groups is 2. The first-order chi connectivity index (χ1) is 20.0. The number of likely N-dealkylation sites (N-methyl/N-ethyl adjacent to an activating group) is 2. The van der Waals surface area contributed by atoms with E-state index in [1.54, 1.807) is 27.9 Å². The highest BCUT2D eigenvalue weighted by atomic mass is 16.7. The lowest BCUT2D eigenvalue weighted by Gasteiger charge is -2.46. The van der Waals surface area contributed by atoms with Crippen LogP contribution in [0.1, 0.15) is 80.6 Å². The number of nitrogens with zero attached hydrogens (tertiary/aromatic N) is 3. The maximum Gasteiger partial charge on any atom is 0.319 e. The fourth-order valence-electron chi connectivity index (χ4n) is 7.39. The monoisotopic (exact) mass is 611 g/mol. The molecule has 3 saturated heterocycles. The van der Waals surface area contributed by atoms with Crippen LogP contribution in [0.5, 0.6) is 0 Å². The van der Waals surface area contributed by atoms with Crippen LogP contribution in [0.25, 0.3) is 0 Å². The van der Waals surface area contributed by atoms with E-state index in [1.165, 1.54) is 0 Å². The quantitative estimate of drug-likeness (QED) is 0.356. The molecule has 9 atom stereocenters. The van der Waals surface area contributed by atoms with Crippen LogP contribution in [0.2, 0.25) is 0 Å². The molecule has 0 spiro atoms. The minimum atomic E-state index is -1.39. The fraction of sp³-hybridized carbons (Fsp3) is 0.939. The largest absolute Gasteiger partial charge is 0.463 e. The van der Waals surface area contributed by atoms with E-state index in [-0.39, 0.29) is 30.6 Å². The van der Waals surface area contributed by atoms with E-state index in [2.05, 4.69) is 30.7 Å². The Morgan fingerprint density at radius 2 is 1.77 bits per heavy atom. The number of hydrogen-bond donors (Lipinski definition) is 1. The van der Waals surface area contributed by atoms with E-state index < -0.39 is 41.4 Å². The zero-order valence-corrected chi connectivity index (χ0v) is 28.8. The number of methoxy groups -OCH3 is 1. The second-order valence-electron chi connectivity index (χ2n) is 14.7. The van der Waals surface area contributed by atoms with Gasteiger partial charge in [-0.2, -0.15) is 0 Å². The van der Waals surface area contributed by atoms with E-state index in [0.29, 0.717) is 24.8 Å². The van der Waals surface area contributed by atoms with Crippen LogP contribution in [0, 0.1) is 17.3 Å². The molecular formula is C33H61N3O7. The summed E-state index contributed by atoms with van der Waals surface area (Å²) in [7, 11) is 7.61. The molecule has 0 aromatic rings. The van der Waals surface area contributed by atoms with Crippen molar-refractivity contribution < 1.29 is 33.6 Å². The summed E-state index contributed by atoms with van der Waals surface area (Å²) in [6.07, 6.45) is 1.50. The molecule has 250 valence electrons. The number of ether oxygens (including phenoxy) is 4. The maximum atomic E-state index is 14.2.